The number of hydrogen-bond acceptors (Lipinski definition) is 1. The fraction of sp³-hybridized carbons (Fsp3) is 1.00. The molecule has 0 aliphatic heterocycles. The number of hydrogen-bond donors (Lipinski definition) is 0. The van der Waals surface area contributed by atoms with Crippen LogP contribution in [0.3, 0.4) is 0 Å². The summed E-state index contributed by atoms with van der Waals surface area (Å²) in [5.41, 5.74) is 0. The van der Waals surface area contributed by atoms with Gasteiger partial charge < -0.3 is 4.74 Å². The van der Waals surface area contributed by atoms with Crippen molar-refractivity contribution in [1.29, 1.82) is 0 Å². The summed E-state index contributed by atoms with van der Waals surface area (Å²) in [5, 5.41) is -0.238. The van der Waals surface area contributed by atoms with Gasteiger partial charge in [0.1, 0.15) is 11.6 Å². The summed E-state index contributed by atoms with van der Waals surface area (Å²) >= 11 is 5.80. The molecule has 0 N–H and O–H groups in total. The van der Waals surface area contributed by atoms with Gasteiger partial charge in [-0.3, -0.25) is 0 Å². The Balaban J connectivity index is 3.36. The van der Waals surface area contributed by atoms with E-state index in [4.69, 9.17) is 0 Å². The number of alkyl halides is 5. The Morgan fingerprint density at radius 2 is 1.90 bits per heavy atom. The predicted octanol–water partition coefficient (Wildman–Crippen LogP) is 2.68. The molecule has 0 saturated heterocycles. The average molecular weight is 286 g/mol. The molecule has 0 heterocycles. The predicted molar refractivity (Wildman–Crippen MR) is 38.5 cm³/mol. The lowest BCUT2D eigenvalue weighted by Crippen LogP contribution is -2.20. The Labute approximate surface area is 73.2 Å². The van der Waals surface area contributed by atoms with Gasteiger partial charge in [-0.15, -0.1) is 0 Å². The standard InChI is InChI=1S/C4H5Br2F3O/c5-1-3(6)10-2-4(7,8)9/h3H,1-2H2. The third kappa shape index (κ3) is 6.82. The van der Waals surface area contributed by atoms with E-state index in [0.29, 0.717) is 5.33 Å². The monoisotopic (exact) mass is 284 g/mol. The topological polar surface area (TPSA) is 9.23 Å². The van der Waals surface area contributed by atoms with E-state index in [9.17, 15) is 13.2 Å². The second-order valence-corrected chi connectivity index (χ2v) is 3.16. The van der Waals surface area contributed by atoms with Gasteiger partial charge in [0, 0.05) is 5.33 Å². The molecule has 0 fully saturated rings. The minimum atomic E-state index is -4.24. The van der Waals surface area contributed by atoms with Gasteiger partial charge in [0.05, 0.1) is 0 Å². The van der Waals surface area contributed by atoms with E-state index in [-0.39, 0.29) is 0 Å². The van der Waals surface area contributed by atoms with Crippen LogP contribution in [-0.2, 0) is 4.74 Å². The number of rotatable bonds is 3. The summed E-state index contributed by atoms with van der Waals surface area (Å²) in [4.78, 5) is 0. The highest BCUT2D eigenvalue weighted by Gasteiger charge is 2.28. The van der Waals surface area contributed by atoms with Crippen molar-refractivity contribution in [3.05, 3.63) is 0 Å². The summed E-state index contributed by atoms with van der Waals surface area (Å²) in [5.74, 6) is 0. The first-order chi connectivity index (χ1) is 4.45. The van der Waals surface area contributed by atoms with Crippen molar-refractivity contribution in [1.82, 2.24) is 0 Å². The zero-order valence-corrected chi connectivity index (χ0v) is 7.96. The molecule has 0 aromatic carbocycles. The van der Waals surface area contributed by atoms with Gasteiger partial charge in [-0.25, -0.2) is 0 Å². The van der Waals surface area contributed by atoms with Gasteiger partial charge in [0.25, 0.3) is 0 Å². The van der Waals surface area contributed by atoms with Crippen molar-refractivity contribution in [2.75, 3.05) is 11.9 Å². The normalized spacial score (nSPS) is 15.3. The van der Waals surface area contributed by atoms with Crippen molar-refractivity contribution >= 4 is 31.9 Å². The van der Waals surface area contributed by atoms with E-state index in [1.54, 1.807) is 0 Å². The molecule has 1 atom stereocenters. The van der Waals surface area contributed by atoms with E-state index in [1.165, 1.54) is 0 Å². The van der Waals surface area contributed by atoms with Crippen LogP contribution in [0, 0.1) is 0 Å². The Morgan fingerprint density at radius 1 is 1.40 bits per heavy atom. The largest absolute Gasteiger partial charge is 0.411 e. The smallest absolute Gasteiger partial charge is 0.357 e. The average Bonchev–Trinajstić information content (AvgIpc) is 1.81. The molecule has 0 bridgehead atoms. The number of halogens is 5. The Kier molecular flexibility index (Phi) is 4.88. The van der Waals surface area contributed by atoms with Crippen molar-refractivity contribution in [2.24, 2.45) is 0 Å². The maximum atomic E-state index is 11.4. The summed E-state index contributed by atoms with van der Waals surface area (Å²) in [6.45, 7) is -1.21. The van der Waals surface area contributed by atoms with E-state index < -0.39 is 17.8 Å². The van der Waals surface area contributed by atoms with E-state index in [0.717, 1.165) is 0 Å². The molecule has 10 heavy (non-hydrogen) atoms. The Morgan fingerprint density at radius 3 is 2.20 bits per heavy atom. The molecule has 0 aliphatic rings. The molecule has 0 aromatic rings. The molecule has 0 aliphatic carbocycles. The molecule has 0 radical (unpaired) electrons. The first kappa shape index (κ1) is 10.7. The van der Waals surface area contributed by atoms with E-state index >= 15 is 0 Å². The highest BCUT2D eigenvalue weighted by molar-refractivity contribution is 9.12. The van der Waals surface area contributed by atoms with Gasteiger partial charge in [-0.2, -0.15) is 13.2 Å². The van der Waals surface area contributed by atoms with Crippen LogP contribution in [0.5, 0.6) is 0 Å². The molecular weight excluding hydrogens is 281 g/mol. The molecule has 0 saturated carbocycles. The van der Waals surface area contributed by atoms with Crippen LogP contribution in [0.4, 0.5) is 13.2 Å². The van der Waals surface area contributed by atoms with Gasteiger partial charge in [-0.05, 0) is 0 Å². The fourth-order valence-electron chi connectivity index (χ4n) is 0.229. The minimum Gasteiger partial charge on any atom is -0.357 e. The zero-order valence-electron chi connectivity index (χ0n) is 4.79. The maximum Gasteiger partial charge on any atom is 0.411 e. The van der Waals surface area contributed by atoms with E-state index in [1.807, 2.05) is 0 Å². The van der Waals surface area contributed by atoms with Crippen LogP contribution < -0.4 is 0 Å². The molecule has 0 aromatic heterocycles. The van der Waals surface area contributed by atoms with Gasteiger partial charge in [0.15, 0.2) is 0 Å². The quantitative estimate of drug-likeness (QED) is 0.725. The Hall–Kier alpha value is 0.710. The van der Waals surface area contributed by atoms with Crippen molar-refractivity contribution in [3.63, 3.8) is 0 Å². The van der Waals surface area contributed by atoms with Gasteiger partial charge in [0.2, 0.25) is 0 Å². The molecule has 1 unspecified atom stereocenters. The number of ether oxygens (including phenoxy) is 1. The highest BCUT2D eigenvalue weighted by Crippen LogP contribution is 2.17. The van der Waals surface area contributed by atoms with Crippen LogP contribution in [-0.4, -0.2) is 23.1 Å². The third-order valence-corrected chi connectivity index (χ3v) is 2.59. The first-order valence-electron chi connectivity index (χ1n) is 2.34. The lowest BCUT2D eigenvalue weighted by molar-refractivity contribution is -0.174. The minimum absolute atomic E-state index is 0.336. The first-order valence-corrected chi connectivity index (χ1v) is 4.38. The van der Waals surface area contributed by atoms with Crippen molar-refractivity contribution < 1.29 is 17.9 Å². The van der Waals surface area contributed by atoms with Gasteiger partial charge in [-0.1, -0.05) is 31.9 Å². The van der Waals surface area contributed by atoms with Crippen LogP contribution in [0.25, 0.3) is 0 Å². The molecular formula is C4H5Br2F3O. The maximum absolute atomic E-state index is 11.4. The van der Waals surface area contributed by atoms with Crippen LogP contribution >= 0.6 is 31.9 Å². The van der Waals surface area contributed by atoms with E-state index in [2.05, 4.69) is 36.6 Å². The van der Waals surface area contributed by atoms with Gasteiger partial charge >= 0.3 is 6.18 Å². The molecule has 0 spiro atoms. The van der Waals surface area contributed by atoms with Crippen molar-refractivity contribution in [3.8, 4) is 0 Å². The molecule has 0 rings (SSSR count). The second-order valence-electron chi connectivity index (χ2n) is 1.49. The summed E-state index contributed by atoms with van der Waals surface area (Å²) < 4.78 is 38.5. The Bertz CT molecular complexity index is 95.0. The fourth-order valence-corrected chi connectivity index (χ4v) is 0.549. The zero-order chi connectivity index (χ0) is 8.20. The summed E-state index contributed by atoms with van der Waals surface area (Å²) in [7, 11) is 0. The SMILES string of the molecule is FC(F)(F)COC(Br)CBr. The van der Waals surface area contributed by atoms with Crippen LogP contribution in [0.1, 0.15) is 0 Å². The molecule has 6 heteroatoms. The molecule has 62 valence electrons. The molecule has 0 amide bonds. The summed E-state index contributed by atoms with van der Waals surface area (Å²) in [6, 6.07) is 0. The highest BCUT2D eigenvalue weighted by atomic mass is 79.9. The van der Waals surface area contributed by atoms with Crippen molar-refractivity contribution in [2.45, 2.75) is 11.2 Å². The second kappa shape index (κ2) is 4.56. The lowest BCUT2D eigenvalue weighted by Gasteiger charge is -2.09. The molecule has 1 nitrogen and oxygen atoms in total. The van der Waals surface area contributed by atoms with Crippen LogP contribution in [0.2, 0.25) is 0 Å². The lowest BCUT2D eigenvalue weighted by atomic mass is 10.7. The summed E-state index contributed by atoms with van der Waals surface area (Å²) in [6.07, 6.45) is -4.24. The van der Waals surface area contributed by atoms with Crippen LogP contribution in [0.15, 0.2) is 0 Å². The third-order valence-electron chi connectivity index (χ3n) is 0.549.